The minimum absolute atomic E-state index is 0. The fourth-order valence-electron chi connectivity index (χ4n) is 2.51. The molecule has 0 saturated carbocycles. The van der Waals surface area contributed by atoms with E-state index in [1.165, 1.54) is 0 Å². The molecule has 0 aliphatic carbocycles. The maximum atomic E-state index is 12.2. The number of hydrogen-bond acceptors (Lipinski definition) is 4. The first kappa shape index (κ1) is 17.3. The van der Waals surface area contributed by atoms with Gasteiger partial charge in [-0.1, -0.05) is 12.1 Å². The van der Waals surface area contributed by atoms with Gasteiger partial charge in [0.2, 0.25) is 0 Å². The van der Waals surface area contributed by atoms with Gasteiger partial charge in [-0.3, -0.25) is 0 Å². The van der Waals surface area contributed by atoms with Crippen molar-refractivity contribution in [2.24, 2.45) is 0 Å². The molecule has 8 heteroatoms. The number of carbonyl (C=O) groups is 1. The van der Waals surface area contributed by atoms with Crippen LogP contribution in [0.2, 0.25) is 0 Å². The van der Waals surface area contributed by atoms with Gasteiger partial charge in [0.05, 0.1) is 23.5 Å². The highest BCUT2D eigenvalue weighted by Crippen LogP contribution is 2.18. The van der Waals surface area contributed by atoms with E-state index >= 15 is 0 Å². The monoisotopic (exact) mass is 337 g/mol. The predicted octanol–water partition coefficient (Wildman–Crippen LogP) is 1.14. The highest BCUT2D eigenvalue weighted by Gasteiger charge is 2.24. The van der Waals surface area contributed by atoms with Gasteiger partial charge in [-0.2, -0.15) is 5.10 Å². The number of nitrogens with zero attached hydrogens (tertiary/aromatic N) is 2. The first-order valence-electron chi connectivity index (χ1n) is 7.29. The molecule has 2 atom stereocenters. The number of nitrogens with one attached hydrogen (secondary N) is 3. The van der Waals surface area contributed by atoms with Gasteiger partial charge in [0.15, 0.2) is 0 Å². The number of amides is 2. The first-order valence-corrected chi connectivity index (χ1v) is 7.29. The van der Waals surface area contributed by atoms with E-state index < -0.39 is 6.10 Å². The summed E-state index contributed by atoms with van der Waals surface area (Å²) >= 11 is 0. The SMILES string of the molecule is Cl.O=C(Nc1ccccc1-n1cccn1)N[C@@H]1CNCC[C@H]1O. The second kappa shape index (κ2) is 7.96. The van der Waals surface area contributed by atoms with Crippen LogP contribution in [-0.2, 0) is 0 Å². The van der Waals surface area contributed by atoms with Crippen LogP contribution >= 0.6 is 12.4 Å². The zero-order valence-electron chi connectivity index (χ0n) is 12.5. The molecule has 1 aromatic heterocycles. The number of benzene rings is 1. The number of aliphatic hydroxyl groups excluding tert-OH is 1. The molecule has 1 saturated heterocycles. The molecule has 1 aliphatic heterocycles. The van der Waals surface area contributed by atoms with Crippen LogP contribution < -0.4 is 16.0 Å². The van der Waals surface area contributed by atoms with Gasteiger partial charge in [0.25, 0.3) is 0 Å². The molecule has 2 heterocycles. The summed E-state index contributed by atoms with van der Waals surface area (Å²) in [6, 6.07) is 8.61. The molecule has 1 fully saturated rings. The smallest absolute Gasteiger partial charge is 0.319 e. The zero-order chi connectivity index (χ0) is 15.4. The Morgan fingerprint density at radius 2 is 2.17 bits per heavy atom. The summed E-state index contributed by atoms with van der Waals surface area (Å²) in [5.74, 6) is 0. The van der Waals surface area contributed by atoms with Gasteiger partial charge < -0.3 is 21.1 Å². The van der Waals surface area contributed by atoms with Gasteiger partial charge in [0, 0.05) is 18.9 Å². The molecule has 1 aromatic carbocycles. The van der Waals surface area contributed by atoms with Gasteiger partial charge in [-0.15, -0.1) is 12.4 Å². The summed E-state index contributed by atoms with van der Waals surface area (Å²) in [5, 5.41) is 22.8. The average Bonchev–Trinajstić information content (AvgIpc) is 3.04. The number of piperidine rings is 1. The zero-order valence-corrected chi connectivity index (χ0v) is 13.3. The van der Waals surface area contributed by atoms with Crippen molar-refractivity contribution in [2.45, 2.75) is 18.6 Å². The van der Waals surface area contributed by atoms with E-state index in [-0.39, 0.29) is 24.5 Å². The van der Waals surface area contributed by atoms with Crippen molar-refractivity contribution in [1.29, 1.82) is 0 Å². The van der Waals surface area contributed by atoms with E-state index in [0.717, 1.165) is 12.2 Å². The van der Waals surface area contributed by atoms with Crippen molar-refractivity contribution in [3.63, 3.8) is 0 Å². The lowest BCUT2D eigenvalue weighted by Crippen LogP contribution is -2.54. The maximum Gasteiger partial charge on any atom is 0.319 e. The highest BCUT2D eigenvalue weighted by molar-refractivity contribution is 5.91. The number of carbonyl (C=O) groups excluding carboxylic acids is 1. The van der Waals surface area contributed by atoms with Crippen molar-refractivity contribution >= 4 is 24.1 Å². The lowest BCUT2D eigenvalue weighted by Gasteiger charge is -2.29. The molecule has 3 rings (SSSR count). The van der Waals surface area contributed by atoms with E-state index in [0.29, 0.717) is 18.7 Å². The molecule has 4 N–H and O–H groups in total. The second-order valence-electron chi connectivity index (χ2n) is 5.23. The molecular formula is C15H20ClN5O2. The molecular weight excluding hydrogens is 318 g/mol. The Balaban J connectivity index is 0.00000192. The molecule has 0 radical (unpaired) electrons. The largest absolute Gasteiger partial charge is 0.391 e. The Hall–Kier alpha value is -2.09. The fourth-order valence-corrected chi connectivity index (χ4v) is 2.51. The predicted molar refractivity (Wildman–Crippen MR) is 90.2 cm³/mol. The standard InChI is InChI=1S/C15H19N5O2.ClH/c21-14-6-8-16-10-12(14)19-15(22)18-11-4-1-2-5-13(11)20-9-3-7-17-20;/h1-5,7,9,12,14,16,21H,6,8,10H2,(H2,18,19,22);1H/t12-,14-;/m1./s1. The van der Waals surface area contributed by atoms with Crippen molar-refractivity contribution in [3.8, 4) is 5.69 Å². The Kier molecular flexibility index (Phi) is 5.97. The molecule has 0 spiro atoms. The molecule has 2 aromatic rings. The van der Waals surface area contributed by atoms with Crippen LogP contribution in [0.4, 0.5) is 10.5 Å². The third-order valence-electron chi connectivity index (χ3n) is 3.67. The Labute approximate surface area is 140 Å². The third kappa shape index (κ3) is 4.22. The van der Waals surface area contributed by atoms with Gasteiger partial charge in [-0.05, 0) is 31.2 Å². The lowest BCUT2D eigenvalue weighted by atomic mass is 10.0. The minimum atomic E-state index is -0.520. The second-order valence-corrected chi connectivity index (χ2v) is 5.23. The molecule has 2 amide bonds. The van der Waals surface area contributed by atoms with Crippen LogP contribution in [0.25, 0.3) is 5.69 Å². The normalized spacial score (nSPS) is 20.4. The van der Waals surface area contributed by atoms with E-state index in [1.807, 2.05) is 36.5 Å². The van der Waals surface area contributed by atoms with Gasteiger partial charge >= 0.3 is 6.03 Å². The van der Waals surface area contributed by atoms with Crippen molar-refractivity contribution in [1.82, 2.24) is 20.4 Å². The summed E-state index contributed by atoms with van der Waals surface area (Å²) in [6.45, 7) is 1.33. The van der Waals surface area contributed by atoms with E-state index in [9.17, 15) is 9.90 Å². The van der Waals surface area contributed by atoms with Gasteiger partial charge in [-0.25, -0.2) is 9.48 Å². The summed E-state index contributed by atoms with van der Waals surface area (Å²) < 4.78 is 1.69. The number of rotatable bonds is 3. The Morgan fingerprint density at radius 1 is 1.35 bits per heavy atom. The van der Waals surface area contributed by atoms with Crippen LogP contribution in [0.5, 0.6) is 0 Å². The molecule has 0 bridgehead atoms. The highest BCUT2D eigenvalue weighted by atomic mass is 35.5. The summed E-state index contributed by atoms with van der Waals surface area (Å²) in [7, 11) is 0. The summed E-state index contributed by atoms with van der Waals surface area (Å²) in [6.07, 6.45) is 3.61. The number of halogens is 1. The molecule has 7 nitrogen and oxygen atoms in total. The minimum Gasteiger partial charge on any atom is -0.391 e. The Morgan fingerprint density at radius 3 is 2.91 bits per heavy atom. The Bertz CT molecular complexity index is 635. The molecule has 0 unspecified atom stereocenters. The van der Waals surface area contributed by atoms with Crippen molar-refractivity contribution in [3.05, 3.63) is 42.7 Å². The number of hydrogen-bond donors (Lipinski definition) is 4. The molecule has 124 valence electrons. The van der Waals surface area contributed by atoms with Crippen LogP contribution in [0.15, 0.2) is 42.7 Å². The maximum absolute atomic E-state index is 12.2. The van der Waals surface area contributed by atoms with Crippen LogP contribution in [-0.4, -0.2) is 46.2 Å². The number of urea groups is 1. The number of aromatic nitrogens is 2. The third-order valence-corrected chi connectivity index (χ3v) is 3.67. The van der Waals surface area contributed by atoms with Crippen molar-refractivity contribution < 1.29 is 9.90 Å². The van der Waals surface area contributed by atoms with Crippen LogP contribution in [0.3, 0.4) is 0 Å². The van der Waals surface area contributed by atoms with E-state index in [2.05, 4.69) is 21.0 Å². The fraction of sp³-hybridized carbons (Fsp3) is 0.333. The molecule has 23 heavy (non-hydrogen) atoms. The van der Waals surface area contributed by atoms with Gasteiger partial charge in [0.1, 0.15) is 0 Å². The number of anilines is 1. The van der Waals surface area contributed by atoms with Crippen molar-refractivity contribution in [2.75, 3.05) is 18.4 Å². The number of para-hydroxylation sites is 2. The lowest BCUT2D eigenvalue weighted by molar-refractivity contribution is 0.103. The van der Waals surface area contributed by atoms with E-state index in [1.54, 1.807) is 10.9 Å². The summed E-state index contributed by atoms with van der Waals surface area (Å²) in [5.41, 5.74) is 1.44. The average molecular weight is 338 g/mol. The molecule has 1 aliphatic rings. The van der Waals surface area contributed by atoms with Crippen LogP contribution in [0.1, 0.15) is 6.42 Å². The van der Waals surface area contributed by atoms with Crippen LogP contribution in [0, 0.1) is 0 Å². The summed E-state index contributed by atoms with van der Waals surface area (Å²) in [4.78, 5) is 12.2. The topological polar surface area (TPSA) is 91.2 Å². The first-order chi connectivity index (χ1) is 10.7. The number of aliphatic hydroxyl groups is 1. The van der Waals surface area contributed by atoms with E-state index in [4.69, 9.17) is 0 Å². The quantitative estimate of drug-likeness (QED) is 0.676.